The summed E-state index contributed by atoms with van der Waals surface area (Å²) in [5.74, 6) is 0.576. The Balaban J connectivity index is 2.50. The van der Waals surface area contributed by atoms with Crippen molar-refractivity contribution in [2.24, 2.45) is 5.92 Å². The summed E-state index contributed by atoms with van der Waals surface area (Å²) in [4.78, 5) is 13.8. The summed E-state index contributed by atoms with van der Waals surface area (Å²) in [6.07, 6.45) is 0.944. The standard InChI is InChI=1S/C11H21NO2/c1-8(14-4)7-12-6-5-11(13)9(2)10(12)3/h8-10H,5-7H2,1-4H3. The van der Waals surface area contributed by atoms with E-state index >= 15 is 0 Å². The molecule has 0 aromatic carbocycles. The van der Waals surface area contributed by atoms with Crippen LogP contribution in [0.4, 0.5) is 0 Å². The molecular formula is C11H21NO2. The van der Waals surface area contributed by atoms with Crippen LogP contribution >= 0.6 is 0 Å². The maximum Gasteiger partial charge on any atom is 0.138 e. The summed E-state index contributed by atoms with van der Waals surface area (Å²) < 4.78 is 5.24. The predicted octanol–water partition coefficient (Wildman–Crippen LogP) is 1.32. The molecule has 1 aliphatic heterocycles. The Morgan fingerprint density at radius 2 is 2.21 bits per heavy atom. The molecule has 3 nitrogen and oxygen atoms in total. The minimum atomic E-state index is 0.174. The zero-order valence-corrected chi connectivity index (χ0v) is 9.62. The Morgan fingerprint density at radius 3 is 2.79 bits per heavy atom. The summed E-state index contributed by atoms with van der Waals surface area (Å²) in [7, 11) is 1.73. The number of hydrogen-bond donors (Lipinski definition) is 0. The van der Waals surface area contributed by atoms with E-state index in [4.69, 9.17) is 4.74 Å². The van der Waals surface area contributed by atoms with Gasteiger partial charge in [0.15, 0.2) is 0 Å². The van der Waals surface area contributed by atoms with Crippen LogP contribution in [-0.2, 0) is 9.53 Å². The van der Waals surface area contributed by atoms with Crippen LogP contribution in [0.1, 0.15) is 27.2 Å². The number of nitrogens with zero attached hydrogens (tertiary/aromatic N) is 1. The average Bonchev–Trinajstić information content (AvgIpc) is 2.19. The first kappa shape index (κ1) is 11.7. The van der Waals surface area contributed by atoms with Crippen molar-refractivity contribution < 1.29 is 9.53 Å². The molecule has 0 amide bonds. The van der Waals surface area contributed by atoms with Gasteiger partial charge in [0, 0.05) is 38.6 Å². The number of carbonyl (C=O) groups is 1. The van der Waals surface area contributed by atoms with Crippen LogP contribution in [0.2, 0.25) is 0 Å². The van der Waals surface area contributed by atoms with Crippen LogP contribution in [0.5, 0.6) is 0 Å². The molecule has 1 saturated heterocycles. The van der Waals surface area contributed by atoms with E-state index in [1.54, 1.807) is 7.11 Å². The van der Waals surface area contributed by atoms with E-state index in [0.717, 1.165) is 13.1 Å². The fourth-order valence-corrected chi connectivity index (χ4v) is 1.93. The second kappa shape index (κ2) is 4.89. The number of rotatable bonds is 3. The second-order valence-corrected chi connectivity index (χ2v) is 4.29. The van der Waals surface area contributed by atoms with Gasteiger partial charge in [-0.05, 0) is 13.8 Å². The number of hydrogen-bond acceptors (Lipinski definition) is 3. The third-order valence-corrected chi connectivity index (χ3v) is 3.35. The zero-order chi connectivity index (χ0) is 10.7. The molecule has 0 N–H and O–H groups in total. The lowest BCUT2D eigenvalue weighted by atomic mass is 9.90. The number of likely N-dealkylation sites (tertiary alicyclic amines) is 1. The molecule has 1 aliphatic rings. The van der Waals surface area contributed by atoms with Crippen LogP contribution in [0.3, 0.4) is 0 Å². The molecule has 0 bridgehead atoms. The summed E-state index contributed by atoms with van der Waals surface area (Å²) in [5.41, 5.74) is 0. The van der Waals surface area contributed by atoms with Gasteiger partial charge >= 0.3 is 0 Å². The van der Waals surface area contributed by atoms with E-state index in [-0.39, 0.29) is 12.0 Å². The van der Waals surface area contributed by atoms with Crippen molar-refractivity contribution in [3.8, 4) is 0 Å². The normalized spacial score (nSPS) is 31.9. The van der Waals surface area contributed by atoms with Crippen molar-refractivity contribution in [1.29, 1.82) is 0 Å². The summed E-state index contributed by atoms with van der Waals surface area (Å²) in [5, 5.41) is 0. The fourth-order valence-electron chi connectivity index (χ4n) is 1.93. The van der Waals surface area contributed by atoms with Crippen LogP contribution < -0.4 is 0 Å². The van der Waals surface area contributed by atoms with Gasteiger partial charge in [-0.2, -0.15) is 0 Å². The van der Waals surface area contributed by atoms with Gasteiger partial charge in [-0.25, -0.2) is 0 Å². The van der Waals surface area contributed by atoms with Gasteiger partial charge in [-0.15, -0.1) is 0 Å². The molecule has 82 valence electrons. The number of ether oxygens (including phenoxy) is 1. The van der Waals surface area contributed by atoms with E-state index in [1.807, 2.05) is 6.92 Å². The van der Waals surface area contributed by atoms with Crippen molar-refractivity contribution >= 4 is 5.78 Å². The van der Waals surface area contributed by atoms with Crippen molar-refractivity contribution in [1.82, 2.24) is 4.90 Å². The molecule has 0 spiro atoms. The summed E-state index contributed by atoms with van der Waals surface area (Å²) >= 11 is 0. The highest BCUT2D eigenvalue weighted by molar-refractivity contribution is 5.82. The molecular weight excluding hydrogens is 178 g/mol. The van der Waals surface area contributed by atoms with Crippen LogP contribution in [0, 0.1) is 5.92 Å². The molecule has 0 aromatic rings. The minimum absolute atomic E-state index is 0.174. The van der Waals surface area contributed by atoms with Crippen LogP contribution in [0.25, 0.3) is 0 Å². The molecule has 0 saturated carbocycles. The highest BCUT2D eigenvalue weighted by Gasteiger charge is 2.31. The Bertz CT molecular complexity index is 205. The van der Waals surface area contributed by atoms with Gasteiger partial charge in [-0.1, -0.05) is 6.92 Å². The van der Waals surface area contributed by atoms with E-state index in [1.165, 1.54) is 0 Å². The first-order valence-corrected chi connectivity index (χ1v) is 5.35. The molecule has 14 heavy (non-hydrogen) atoms. The molecule has 3 atom stereocenters. The number of Topliss-reactive ketones (excluding diaryl/α,β-unsaturated/α-hetero) is 1. The number of piperidine rings is 1. The van der Waals surface area contributed by atoms with Gasteiger partial charge in [0.25, 0.3) is 0 Å². The van der Waals surface area contributed by atoms with Crippen LogP contribution in [-0.4, -0.2) is 43.0 Å². The highest BCUT2D eigenvalue weighted by Crippen LogP contribution is 2.20. The number of ketones is 1. The Morgan fingerprint density at radius 1 is 1.57 bits per heavy atom. The van der Waals surface area contributed by atoms with Gasteiger partial charge in [0.1, 0.15) is 5.78 Å². The largest absolute Gasteiger partial charge is 0.380 e. The third-order valence-electron chi connectivity index (χ3n) is 3.35. The van der Waals surface area contributed by atoms with Crippen molar-refractivity contribution in [3.63, 3.8) is 0 Å². The van der Waals surface area contributed by atoms with Crippen molar-refractivity contribution in [3.05, 3.63) is 0 Å². The lowest BCUT2D eigenvalue weighted by Gasteiger charge is -2.38. The SMILES string of the molecule is COC(C)CN1CCC(=O)C(C)C1C. The lowest BCUT2D eigenvalue weighted by Crippen LogP contribution is -2.49. The maximum absolute atomic E-state index is 11.4. The van der Waals surface area contributed by atoms with E-state index in [0.29, 0.717) is 18.2 Å². The molecule has 0 aromatic heterocycles. The minimum Gasteiger partial charge on any atom is -0.380 e. The zero-order valence-electron chi connectivity index (χ0n) is 9.62. The summed E-state index contributed by atoms with van der Waals surface area (Å²) in [6.45, 7) is 8.03. The Hall–Kier alpha value is -0.410. The molecule has 3 unspecified atom stereocenters. The smallest absolute Gasteiger partial charge is 0.138 e. The molecule has 3 heteroatoms. The average molecular weight is 199 g/mol. The maximum atomic E-state index is 11.4. The molecule has 1 heterocycles. The first-order valence-electron chi connectivity index (χ1n) is 5.35. The van der Waals surface area contributed by atoms with E-state index < -0.39 is 0 Å². The molecule has 1 rings (SSSR count). The van der Waals surface area contributed by atoms with Crippen molar-refractivity contribution in [2.75, 3.05) is 20.2 Å². The lowest BCUT2D eigenvalue weighted by molar-refractivity contribution is -0.128. The molecule has 1 fully saturated rings. The summed E-state index contributed by atoms with van der Waals surface area (Å²) in [6, 6.07) is 0.355. The Labute approximate surface area is 86.4 Å². The number of methoxy groups -OCH3 is 1. The van der Waals surface area contributed by atoms with E-state index in [2.05, 4.69) is 18.7 Å². The monoisotopic (exact) mass is 199 g/mol. The first-order chi connectivity index (χ1) is 6.56. The second-order valence-electron chi connectivity index (χ2n) is 4.29. The van der Waals surface area contributed by atoms with Gasteiger partial charge in [-0.3, -0.25) is 9.69 Å². The highest BCUT2D eigenvalue weighted by atomic mass is 16.5. The third kappa shape index (κ3) is 2.55. The fraction of sp³-hybridized carbons (Fsp3) is 0.909. The topological polar surface area (TPSA) is 29.5 Å². The number of carbonyl (C=O) groups excluding carboxylic acids is 1. The quantitative estimate of drug-likeness (QED) is 0.686. The predicted molar refractivity (Wildman–Crippen MR) is 56.3 cm³/mol. The van der Waals surface area contributed by atoms with Gasteiger partial charge < -0.3 is 4.74 Å². The molecule has 0 aliphatic carbocycles. The van der Waals surface area contributed by atoms with Crippen molar-refractivity contribution in [2.45, 2.75) is 39.3 Å². The Kier molecular flexibility index (Phi) is 4.08. The van der Waals surface area contributed by atoms with Gasteiger partial charge in [0.05, 0.1) is 6.10 Å². The van der Waals surface area contributed by atoms with Crippen LogP contribution in [0.15, 0.2) is 0 Å². The van der Waals surface area contributed by atoms with Gasteiger partial charge in [0.2, 0.25) is 0 Å². The van der Waals surface area contributed by atoms with E-state index in [9.17, 15) is 4.79 Å². The molecule has 0 radical (unpaired) electrons.